The second kappa shape index (κ2) is 5.59. The molecule has 0 aliphatic carbocycles. The fourth-order valence-electron chi connectivity index (χ4n) is 1.13. The summed E-state index contributed by atoms with van der Waals surface area (Å²) >= 11 is 0. The molecule has 0 aromatic heterocycles. The molecule has 7 heteroatoms. The van der Waals surface area contributed by atoms with Gasteiger partial charge in [-0.25, -0.2) is 9.18 Å². The van der Waals surface area contributed by atoms with Gasteiger partial charge in [-0.05, 0) is 18.2 Å². The maximum absolute atomic E-state index is 13.2. The highest BCUT2D eigenvalue weighted by Crippen LogP contribution is 2.10. The van der Waals surface area contributed by atoms with E-state index in [0.717, 1.165) is 18.5 Å². The summed E-state index contributed by atoms with van der Waals surface area (Å²) in [7, 11) is 1.20. The van der Waals surface area contributed by atoms with Gasteiger partial charge in [0.05, 0.1) is 12.7 Å². The van der Waals surface area contributed by atoms with Crippen molar-refractivity contribution in [1.29, 1.82) is 0 Å². The molecule has 0 aliphatic heterocycles. The average Bonchev–Trinajstić information content (AvgIpc) is 2.34. The Morgan fingerprint density at radius 1 is 1.41 bits per heavy atom. The quantitative estimate of drug-likeness (QED) is 0.340. The molecule has 0 heterocycles. The van der Waals surface area contributed by atoms with E-state index in [4.69, 9.17) is 11.5 Å². The number of benzene rings is 1. The first-order valence-corrected chi connectivity index (χ1v) is 4.54. The van der Waals surface area contributed by atoms with Crippen molar-refractivity contribution in [2.45, 2.75) is 0 Å². The van der Waals surface area contributed by atoms with Gasteiger partial charge >= 0.3 is 5.97 Å². The number of carbonyl (C=O) groups is 1. The topological polar surface area (TPSA) is 103 Å². The number of ether oxygens (including phenoxy) is 1. The van der Waals surface area contributed by atoms with E-state index in [1.165, 1.54) is 13.2 Å². The van der Waals surface area contributed by atoms with Gasteiger partial charge in [0, 0.05) is 5.56 Å². The van der Waals surface area contributed by atoms with E-state index >= 15 is 0 Å². The molecular weight excluding hydrogens is 227 g/mol. The molecule has 1 aromatic rings. The standard InChI is InChI=1S/C10H11FN4O2/c1-17-10(16)7-2-6(3-8(11)4-7)9(13)15-14-5-12/h2-5H,1H3,(H2,12,14)(H2,13,15). The molecule has 17 heavy (non-hydrogen) atoms. The van der Waals surface area contributed by atoms with Crippen LogP contribution in [0.2, 0.25) is 0 Å². The van der Waals surface area contributed by atoms with Gasteiger partial charge in [-0.1, -0.05) is 0 Å². The van der Waals surface area contributed by atoms with E-state index in [-0.39, 0.29) is 17.0 Å². The van der Waals surface area contributed by atoms with E-state index in [1.54, 1.807) is 0 Å². The Labute approximate surface area is 96.8 Å². The van der Waals surface area contributed by atoms with Crippen molar-refractivity contribution in [2.75, 3.05) is 7.11 Å². The monoisotopic (exact) mass is 238 g/mol. The zero-order valence-corrected chi connectivity index (χ0v) is 9.05. The maximum atomic E-state index is 13.2. The second-order valence-corrected chi connectivity index (χ2v) is 2.97. The van der Waals surface area contributed by atoms with Crippen LogP contribution in [0.25, 0.3) is 0 Å². The molecule has 0 aliphatic rings. The van der Waals surface area contributed by atoms with E-state index in [9.17, 15) is 9.18 Å². The lowest BCUT2D eigenvalue weighted by Gasteiger charge is -2.03. The lowest BCUT2D eigenvalue weighted by atomic mass is 10.1. The van der Waals surface area contributed by atoms with Crippen LogP contribution in [0, 0.1) is 5.82 Å². The van der Waals surface area contributed by atoms with Crippen molar-refractivity contribution in [2.24, 2.45) is 21.7 Å². The summed E-state index contributed by atoms with van der Waals surface area (Å²) in [4.78, 5) is 11.2. The maximum Gasteiger partial charge on any atom is 0.337 e. The molecule has 0 saturated carbocycles. The smallest absolute Gasteiger partial charge is 0.337 e. The van der Waals surface area contributed by atoms with Gasteiger partial charge in [-0.15, -0.1) is 10.2 Å². The molecule has 0 fully saturated rings. The summed E-state index contributed by atoms with van der Waals surface area (Å²) in [6.07, 6.45) is 0.938. The Balaban J connectivity index is 3.17. The summed E-state index contributed by atoms with van der Waals surface area (Å²) in [5.74, 6) is -1.35. The molecule has 0 atom stereocenters. The van der Waals surface area contributed by atoms with Crippen LogP contribution in [0.5, 0.6) is 0 Å². The predicted octanol–water partition coefficient (Wildman–Crippen LogP) is 0.220. The predicted molar refractivity (Wildman–Crippen MR) is 61.1 cm³/mol. The average molecular weight is 238 g/mol. The molecule has 0 spiro atoms. The van der Waals surface area contributed by atoms with Gasteiger partial charge in [0.1, 0.15) is 12.2 Å². The molecule has 0 bridgehead atoms. The van der Waals surface area contributed by atoms with Gasteiger partial charge < -0.3 is 16.2 Å². The van der Waals surface area contributed by atoms with Crippen LogP contribution in [0.4, 0.5) is 4.39 Å². The largest absolute Gasteiger partial charge is 0.465 e. The summed E-state index contributed by atoms with van der Waals surface area (Å²) < 4.78 is 17.7. The number of nitrogens with zero attached hydrogens (tertiary/aromatic N) is 2. The third kappa shape index (κ3) is 3.26. The number of nitrogens with two attached hydrogens (primary N) is 2. The van der Waals surface area contributed by atoms with Crippen LogP contribution < -0.4 is 11.5 Å². The third-order valence-electron chi connectivity index (χ3n) is 1.85. The number of hydrogen-bond donors (Lipinski definition) is 2. The number of methoxy groups -OCH3 is 1. The zero-order chi connectivity index (χ0) is 12.8. The van der Waals surface area contributed by atoms with Gasteiger partial charge in [0.2, 0.25) is 0 Å². The van der Waals surface area contributed by atoms with Crippen LogP contribution >= 0.6 is 0 Å². The third-order valence-corrected chi connectivity index (χ3v) is 1.85. The minimum absolute atomic E-state index is 0.0392. The Bertz CT molecular complexity index is 485. The Morgan fingerprint density at radius 3 is 2.65 bits per heavy atom. The highest BCUT2D eigenvalue weighted by atomic mass is 19.1. The number of carbonyl (C=O) groups excluding carboxylic acids is 1. The zero-order valence-electron chi connectivity index (χ0n) is 9.05. The first-order valence-electron chi connectivity index (χ1n) is 4.54. The second-order valence-electron chi connectivity index (χ2n) is 2.97. The Kier molecular flexibility index (Phi) is 4.15. The molecule has 0 amide bonds. The highest BCUT2D eigenvalue weighted by molar-refractivity contribution is 6.00. The summed E-state index contributed by atoms with van der Waals surface area (Å²) in [6.45, 7) is 0. The Morgan fingerprint density at radius 2 is 2.06 bits per heavy atom. The molecule has 90 valence electrons. The fourth-order valence-corrected chi connectivity index (χ4v) is 1.13. The van der Waals surface area contributed by atoms with E-state index in [1.807, 2.05) is 0 Å². The molecule has 4 N–H and O–H groups in total. The number of hydrogen-bond acceptors (Lipinski definition) is 4. The van der Waals surface area contributed by atoms with Gasteiger partial charge in [0.15, 0.2) is 5.84 Å². The van der Waals surface area contributed by atoms with Crippen molar-refractivity contribution >= 4 is 18.1 Å². The number of esters is 1. The van der Waals surface area contributed by atoms with Crippen LogP contribution in [-0.4, -0.2) is 25.3 Å². The molecule has 0 unspecified atom stereocenters. The summed E-state index contributed by atoms with van der Waals surface area (Å²) in [5, 5.41) is 6.85. The van der Waals surface area contributed by atoms with Crippen LogP contribution in [-0.2, 0) is 4.74 Å². The van der Waals surface area contributed by atoms with E-state index in [2.05, 4.69) is 14.9 Å². The minimum Gasteiger partial charge on any atom is -0.465 e. The molecule has 1 rings (SSSR count). The normalized spacial score (nSPS) is 11.8. The number of rotatable bonds is 3. The lowest BCUT2D eigenvalue weighted by Crippen LogP contribution is -2.15. The minimum atomic E-state index is -0.666. The van der Waals surface area contributed by atoms with Crippen LogP contribution in [0.3, 0.4) is 0 Å². The SMILES string of the molecule is COC(=O)c1cc(F)cc(/C(N)=N/N=C\N)c1. The first-order chi connectivity index (χ1) is 8.08. The number of amidine groups is 1. The van der Waals surface area contributed by atoms with Crippen molar-refractivity contribution < 1.29 is 13.9 Å². The molecule has 0 radical (unpaired) electrons. The summed E-state index contributed by atoms with van der Waals surface area (Å²) in [6, 6.07) is 3.51. The molecular formula is C10H11FN4O2. The molecule has 1 aromatic carbocycles. The highest BCUT2D eigenvalue weighted by Gasteiger charge is 2.10. The van der Waals surface area contributed by atoms with Gasteiger partial charge in [0.25, 0.3) is 0 Å². The fraction of sp³-hybridized carbons (Fsp3) is 0.100. The first kappa shape index (κ1) is 12.6. The molecule has 0 saturated heterocycles. The van der Waals surface area contributed by atoms with E-state index in [0.29, 0.717) is 0 Å². The Hall–Kier alpha value is -2.44. The number of halogens is 1. The van der Waals surface area contributed by atoms with Crippen LogP contribution in [0.1, 0.15) is 15.9 Å². The summed E-state index contributed by atoms with van der Waals surface area (Å²) in [5.41, 5.74) is 10.8. The van der Waals surface area contributed by atoms with Crippen molar-refractivity contribution in [3.8, 4) is 0 Å². The van der Waals surface area contributed by atoms with Gasteiger partial charge in [-0.2, -0.15) is 0 Å². The van der Waals surface area contributed by atoms with E-state index < -0.39 is 11.8 Å². The van der Waals surface area contributed by atoms with Crippen molar-refractivity contribution in [1.82, 2.24) is 0 Å². The molecule has 6 nitrogen and oxygen atoms in total. The van der Waals surface area contributed by atoms with Crippen LogP contribution in [0.15, 0.2) is 28.4 Å². The van der Waals surface area contributed by atoms with Gasteiger partial charge in [-0.3, -0.25) is 0 Å². The van der Waals surface area contributed by atoms with Crippen molar-refractivity contribution in [3.05, 3.63) is 35.1 Å². The lowest BCUT2D eigenvalue weighted by molar-refractivity contribution is 0.0600. The van der Waals surface area contributed by atoms with Crippen molar-refractivity contribution in [3.63, 3.8) is 0 Å².